The molecule has 3 N–H and O–H groups in total. The van der Waals surface area contributed by atoms with Crippen LogP contribution in [0.25, 0.3) is 0 Å². The van der Waals surface area contributed by atoms with E-state index in [0.29, 0.717) is 6.42 Å². The number of hydrogen-bond acceptors (Lipinski definition) is 3. The molecule has 0 fully saturated rings. The third kappa shape index (κ3) is 6.81. The molecule has 4 nitrogen and oxygen atoms in total. The summed E-state index contributed by atoms with van der Waals surface area (Å²) in [6, 6.07) is 4.94. The van der Waals surface area contributed by atoms with E-state index in [1.54, 1.807) is 12.1 Å². The molecule has 0 bridgehead atoms. The first-order chi connectivity index (χ1) is 11.3. The Hall–Kier alpha value is -1.71. The Bertz CT molecular complexity index is 526. The highest BCUT2D eigenvalue weighted by Crippen LogP contribution is 2.36. The molecule has 0 saturated carbocycles. The number of rotatable bonds is 10. The average Bonchev–Trinajstić information content (AvgIpc) is 2.46. The van der Waals surface area contributed by atoms with Crippen LogP contribution >= 0.6 is 0 Å². The number of benzene rings is 1. The second kappa shape index (κ2) is 9.55. The normalized spacial score (nSPS) is 12.8. The number of unbranched alkanes of at least 4 members (excludes halogenated alkanes) is 2. The summed E-state index contributed by atoms with van der Waals surface area (Å²) in [5.41, 5.74) is 0.666. The van der Waals surface area contributed by atoms with E-state index in [2.05, 4.69) is 26.1 Å². The van der Waals surface area contributed by atoms with Crippen LogP contribution in [-0.4, -0.2) is 22.2 Å². The standard InChI is InChI=1S/C20H33NO3/c1-5-6-7-10-19(24)21-15(2)9-8-13-20(3,4)17-12-11-16(22)14-18(17)23/h11-12,14-15,22-23H,5-10,13H2,1-4H3,(H,21,24). The molecule has 0 aliphatic heterocycles. The van der Waals surface area contributed by atoms with Crippen LogP contribution in [0, 0.1) is 0 Å². The van der Waals surface area contributed by atoms with Crippen molar-refractivity contribution in [1.82, 2.24) is 5.32 Å². The van der Waals surface area contributed by atoms with Gasteiger partial charge in [-0.1, -0.05) is 46.1 Å². The van der Waals surface area contributed by atoms with Crippen molar-refractivity contribution < 1.29 is 15.0 Å². The van der Waals surface area contributed by atoms with Crippen molar-refractivity contribution in [3.63, 3.8) is 0 Å². The van der Waals surface area contributed by atoms with E-state index < -0.39 is 0 Å². The Balaban J connectivity index is 2.40. The Kier molecular flexibility index (Phi) is 8.09. The summed E-state index contributed by atoms with van der Waals surface area (Å²) in [6.45, 7) is 8.36. The highest BCUT2D eigenvalue weighted by Gasteiger charge is 2.24. The zero-order chi connectivity index (χ0) is 18.2. The number of aromatic hydroxyl groups is 2. The third-order valence-electron chi connectivity index (χ3n) is 4.56. The van der Waals surface area contributed by atoms with Gasteiger partial charge in [0.1, 0.15) is 11.5 Å². The van der Waals surface area contributed by atoms with Crippen molar-refractivity contribution in [3.05, 3.63) is 23.8 Å². The van der Waals surface area contributed by atoms with Crippen LogP contribution in [-0.2, 0) is 10.2 Å². The number of nitrogens with one attached hydrogen (secondary N) is 1. The molecular weight excluding hydrogens is 302 g/mol. The van der Waals surface area contributed by atoms with Crippen LogP contribution < -0.4 is 5.32 Å². The first-order valence-electron chi connectivity index (χ1n) is 9.08. The fourth-order valence-electron chi connectivity index (χ4n) is 3.03. The van der Waals surface area contributed by atoms with Gasteiger partial charge in [0.2, 0.25) is 5.91 Å². The van der Waals surface area contributed by atoms with Gasteiger partial charge >= 0.3 is 0 Å². The van der Waals surface area contributed by atoms with Crippen molar-refractivity contribution in [2.75, 3.05) is 0 Å². The lowest BCUT2D eigenvalue weighted by molar-refractivity contribution is -0.121. The molecule has 0 aliphatic rings. The predicted octanol–water partition coefficient (Wildman–Crippen LogP) is 4.63. The maximum absolute atomic E-state index is 11.8. The van der Waals surface area contributed by atoms with Crippen LogP contribution in [0.4, 0.5) is 0 Å². The molecular formula is C20H33NO3. The summed E-state index contributed by atoms with van der Waals surface area (Å²) in [5.74, 6) is 0.357. The summed E-state index contributed by atoms with van der Waals surface area (Å²) in [5, 5.41) is 22.5. The molecule has 0 heterocycles. The minimum atomic E-state index is -0.178. The van der Waals surface area contributed by atoms with Crippen molar-refractivity contribution in [1.29, 1.82) is 0 Å². The highest BCUT2D eigenvalue weighted by molar-refractivity contribution is 5.76. The lowest BCUT2D eigenvalue weighted by atomic mass is 9.79. The fraction of sp³-hybridized carbons (Fsp3) is 0.650. The van der Waals surface area contributed by atoms with Gasteiger partial charge in [-0.25, -0.2) is 0 Å². The number of phenols is 2. The summed E-state index contributed by atoms with van der Waals surface area (Å²) < 4.78 is 0. The molecule has 0 radical (unpaired) electrons. The minimum Gasteiger partial charge on any atom is -0.508 e. The molecule has 1 aromatic rings. The van der Waals surface area contributed by atoms with Crippen LogP contribution in [0.3, 0.4) is 0 Å². The maximum atomic E-state index is 11.8. The fourth-order valence-corrected chi connectivity index (χ4v) is 3.03. The molecule has 136 valence electrons. The van der Waals surface area contributed by atoms with Gasteiger partial charge in [-0.3, -0.25) is 4.79 Å². The first-order valence-corrected chi connectivity index (χ1v) is 9.08. The zero-order valence-electron chi connectivity index (χ0n) is 15.6. The van der Waals surface area contributed by atoms with Gasteiger partial charge in [-0.15, -0.1) is 0 Å². The number of phenolic OH excluding ortho intramolecular Hbond substituents is 2. The largest absolute Gasteiger partial charge is 0.508 e. The van der Waals surface area contributed by atoms with E-state index in [9.17, 15) is 15.0 Å². The van der Waals surface area contributed by atoms with E-state index in [1.165, 1.54) is 6.07 Å². The summed E-state index contributed by atoms with van der Waals surface area (Å²) in [6.07, 6.45) is 6.59. The molecule has 0 aliphatic carbocycles. The average molecular weight is 335 g/mol. The van der Waals surface area contributed by atoms with Crippen LogP contribution in [0.5, 0.6) is 11.5 Å². The Morgan fingerprint density at radius 1 is 1.21 bits per heavy atom. The van der Waals surface area contributed by atoms with Crippen molar-refractivity contribution >= 4 is 5.91 Å². The molecule has 0 saturated heterocycles. The highest BCUT2D eigenvalue weighted by atomic mass is 16.3. The van der Waals surface area contributed by atoms with E-state index in [-0.39, 0.29) is 28.9 Å². The molecule has 1 rings (SSSR count). The van der Waals surface area contributed by atoms with E-state index >= 15 is 0 Å². The summed E-state index contributed by atoms with van der Waals surface area (Å²) in [4.78, 5) is 11.8. The van der Waals surface area contributed by atoms with Crippen LogP contribution in [0.15, 0.2) is 18.2 Å². The third-order valence-corrected chi connectivity index (χ3v) is 4.56. The molecule has 24 heavy (non-hydrogen) atoms. The van der Waals surface area contributed by atoms with Gasteiger partial charge in [0.15, 0.2) is 0 Å². The topological polar surface area (TPSA) is 69.6 Å². The van der Waals surface area contributed by atoms with E-state index in [1.807, 2.05) is 6.92 Å². The van der Waals surface area contributed by atoms with Gasteiger partial charge in [-0.05, 0) is 43.2 Å². The molecule has 0 spiro atoms. The molecule has 4 heteroatoms. The van der Waals surface area contributed by atoms with Crippen LogP contribution in [0.1, 0.15) is 78.2 Å². The molecule has 0 aromatic heterocycles. The molecule has 1 amide bonds. The Morgan fingerprint density at radius 3 is 2.54 bits per heavy atom. The van der Waals surface area contributed by atoms with Crippen molar-refractivity contribution in [3.8, 4) is 11.5 Å². The molecule has 1 aromatic carbocycles. The predicted molar refractivity (Wildman–Crippen MR) is 98.4 cm³/mol. The van der Waals surface area contributed by atoms with Crippen molar-refractivity contribution in [2.24, 2.45) is 0 Å². The minimum absolute atomic E-state index is 0.0754. The lowest BCUT2D eigenvalue weighted by Crippen LogP contribution is -2.32. The van der Waals surface area contributed by atoms with Gasteiger partial charge in [0.25, 0.3) is 0 Å². The maximum Gasteiger partial charge on any atom is 0.220 e. The van der Waals surface area contributed by atoms with Crippen molar-refractivity contribution in [2.45, 2.75) is 84.1 Å². The Labute approximate surface area is 146 Å². The van der Waals surface area contributed by atoms with Crippen LogP contribution in [0.2, 0.25) is 0 Å². The van der Waals surface area contributed by atoms with E-state index in [4.69, 9.17) is 0 Å². The second-order valence-electron chi connectivity index (χ2n) is 7.40. The van der Waals surface area contributed by atoms with Gasteiger partial charge in [-0.2, -0.15) is 0 Å². The lowest BCUT2D eigenvalue weighted by Gasteiger charge is -2.27. The number of hydrogen-bond donors (Lipinski definition) is 3. The summed E-state index contributed by atoms with van der Waals surface area (Å²) >= 11 is 0. The smallest absolute Gasteiger partial charge is 0.220 e. The SMILES string of the molecule is CCCCCC(=O)NC(C)CCCC(C)(C)c1ccc(O)cc1O. The number of carbonyl (C=O) groups is 1. The Morgan fingerprint density at radius 2 is 1.92 bits per heavy atom. The van der Waals surface area contributed by atoms with Gasteiger partial charge < -0.3 is 15.5 Å². The monoisotopic (exact) mass is 335 g/mol. The molecule has 1 atom stereocenters. The quantitative estimate of drug-likeness (QED) is 0.546. The van der Waals surface area contributed by atoms with Gasteiger partial charge in [0, 0.05) is 18.5 Å². The van der Waals surface area contributed by atoms with Gasteiger partial charge in [0.05, 0.1) is 0 Å². The van der Waals surface area contributed by atoms with E-state index in [0.717, 1.165) is 44.1 Å². The summed E-state index contributed by atoms with van der Waals surface area (Å²) in [7, 11) is 0. The number of carbonyl (C=O) groups excluding carboxylic acids is 1. The second-order valence-corrected chi connectivity index (χ2v) is 7.40. The zero-order valence-corrected chi connectivity index (χ0v) is 15.6. The molecule has 1 unspecified atom stereocenters. The number of amides is 1. The first kappa shape index (κ1) is 20.3.